The van der Waals surface area contributed by atoms with E-state index in [9.17, 15) is 9.59 Å². The molecule has 6 rings (SSSR count). The number of carbonyl (C=O) groups is 2. The Morgan fingerprint density at radius 1 is 1.12 bits per heavy atom. The van der Waals surface area contributed by atoms with E-state index >= 15 is 0 Å². The van der Waals surface area contributed by atoms with Crippen LogP contribution in [0.1, 0.15) is 30.5 Å². The lowest BCUT2D eigenvalue weighted by molar-refractivity contribution is -0.132. The van der Waals surface area contributed by atoms with Gasteiger partial charge in [-0.05, 0) is 55.2 Å². The normalized spacial score (nSPS) is 19.1. The molecule has 2 aromatic heterocycles. The van der Waals surface area contributed by atoms with Crippen molar-refractivity contribution in [1.29, 1.82) is 0 Å². The summed E-state index contributed by atoms with van der Waals surface area (Å²) in [4.78, 5) is 33.7. The van der Waals surface area contributed by atoms with Gasteiger partial charge in [0.05, 0.1) is 30.4 Å². The van der Waals surface area contributed by atoms with Crippen molar-refractivity contribution in [2.45, 2.75) is 37.8 Å². The summed E-state index contributed by atoms with van der Waals surface area (Å²) in [7, 11) is 0. The molecule has 2 aliphatic heterocycles. The molecule has 2 amide bonds. The molecule has 2 fully saturated rings. The molecule has 0 bridgehead atoms. The van der Waals surface area contributed by atoms with Gasteiger partial charge in [-0.2, -0.15) is 0 Å². The van der Waals surface area contributed by atoms with Gasteiger partial charge in [-0.25, -0.2) is 0 Å². The molecule has 3 aliphatic rings. The number of carbonyl (C=O) groups excluding carboxylic acids is 2. The molecule has 1 saturated heterocycles. The predicted octanol–water partition coefficient (Wildman–Crippen LogP) is 3.09. The van der Waals surface area contributed by atoms with Gasteiger partial charge in [0.15, 0.2) is 0 Å². The van der Waals surface area contributed by atoms with Crippen molar-refractivity contribution in [3.05, 3.63) is 59.0 Å². The molecule has 1 aliphatic carbocycles. The molecule has 3 aromatic rings. The van der Waals surface area contributed by atoms with Crippen LogP contribution in [0.2, 0.25) is 5.02 Å². The summed E-state index contributed by atoms with van der Waals surface area (Å²) in [6.07, 6.45) is 6.28. The number of piperazine rings is 1. The zero-order valence-electron chi connectivity index (χ0n) is 18.4. The maximum atomic E-state index is 13.4. The lowest BCUT2D eigenvalue weighted by Crippen LogP contribution is -2.48. The Balaban J connectivity index is 1.30. The second kappa shape index (κ2) is 7.85. The van der Waals surface area contributed by atoms with Crippen LogP contribution in [-0.4, -0.2) is 52.4 Å². The summed E-state index contributed by atoms with van der Waals surface area (Å²) < 4.78 is 2.28. The summed E-state index contributed by atoms with van der Waals surface area (Å²) in [5.74, 6) is 0.346. The number of hydrogen-bond donors (Lipinski definition) is 1. The Hall–Kier alpha value is -2.90. The number of pyridine rings is 1. The molecule has 4 heterocycles. The largest absolute Gasteiger partial charge is 0.343 e. The van der Waals surface area contributed by atoms with E-state index in [1.54, 1.807) is 6.20 Å². The molecule has 0 unspecified atom stereocenters. The van der Waals surface area contributed by atoms with E-state index in [4.69, 9.17) is 11.6 Å². The van der Waals surface area contributed by atoms with Crippen LogP contribution in [0.15, 0.2) is 42.7 Å². The van der Waals surface area contributed by atoms with Crippen LogP contribution >= 0.6 is 11.6 Å². The molecule has 1 saturated carbocycles. The number of anilines is 1. The fraction of sp³-hybridized carbons (Fsp3) is 0.400. The number of aromatic nitrogens is 2. The van der Waals surface area contributed by atoms with Crippen molar-refractivity contribution in [3.63, 3.8) is 0 Å². The van der Waals surface area contributed by atoms with Crippen LogP contribution in [-0.2, 0) is 28.1 Å². The lowest BCUT2D eigenvalue weighted by Gasteiger charge is -2.27. The topological polar surface area (TPSA) is 70.5 Å². The summed E-state index contributed by atoms with van der Waals surface area (Å²) in [6, 6.07) is 10.1. The van der Waals surface area contributed by atoms with Gasteiger partial charge < -0.3 is 19.7 Å². The van der Waals surface area contributed by atoms with Crippen LogP contribution in [0.25, 0.3) is 10.9 Å². The number of nitrogens with one attached hydrogen (secondary N) is 1. The molecule has 0 atom stereocenters. The van der Waals surface area contributed by atoms with Gasteiger partial charge in [0, 0.05) is 54.0 Å². The van der Waals surface area contributed by atoms with Gasteiger partial charge in [-0.1, -0.05) is 11.6 Å². The van der Waals surface area contributed by atoms with Crippen molar-refractivity contribution in [3.8, 4) is 0 Å². The van der Waals surface area contributed by atoms with Gasteiger partial charge in [0.2, 0.25) is 11.8 Å². The minimum Gasteiger partial charge on any atom is -0.343 e. The van der Waals surface area contributed by atoms with Gasteiger partial charge in [-0.15, -0.1) is 0 Å². The number of hydrogen-bond acceptors (Lipinski definition) is 4. The molecular weight excluding hydrogens is 438 g/mol. The van der Waals surface area contributed by atoms with Crippen molar-refractivity contribution in [2.24, 2.45) is 0 Å². The van der Waals surface area contributed by atoms with Crippen molar-refractivity contribution in [1.82, 2.24) is 19.8 Å². The van der Waals surface area contributed by atoms with E-state index in [1.165, 1.54) is 0 Å². The highest BCUT2D eigenvalue weighted by atomic mass is 35.5. The Morgan fingerprint density at radius 2 is 2.00 bits per heavy atom. The highest BCUT2D eigenvalue weighted by Gasteiger charge is 2.59. The average molecular weight is 464 g/mol. The van der Waals surface area contributed by atoms with Crippen LogP contribution in [0, 0.1) is 0 Å². The quantitative estimate of drug-likeness (QED) is 0.610. The third-order valence-corrected chi connectivity index (χ3v) is 7.51. The van der Waals surface area contributed by atoms with E-state index in [0.29, 0.717) is 18.1 Å². The standard InChI is InChI=1S/C25H26ClN5O2/c26-18-2-3-21-17(12-18)13-19(30(21)10-1-9-29-11-8-28-15-23(29)32)16-31-22-14-27-7-4-20(22)25(5-6-25)24(31)33/h2-4,7,12-14,28H,1,5-6,8-11,15-16H2. The zero-order valence-corrected chi connectivity index (χ0v) is 19.1. The third-order valence-electron chi connectivity index (χ3n) is 7.28. The number of fused-ring (bicyclic) bond motifs is 3. The maximum absolute atomic E-state index is 13.4. The zero-order chi connectivity index (χ0) is 22.6. The summed E-state index contributed by atoms with van der Waals surface area (Å²) in [5, 5.41) is 4.88. The molecule has 1 aromatic carbocycles. The number of nitrogens with zero attached hydrogens (tertiary/aromatic N) is 4. The van der Waals surface area contributed by atoms with Gasteiger partial charge in [0.25, 0.3) is 0 Å². The van der Waals surface area contributed by atoms with Crippen LogP contribution in [0.4, 0.5) is 5.69 Å². The average Bonchev–Trinajstić information content (AvgIpc) is 3.51. The minimum absolute atomic E-state index is 0.159. The number of amides is 2. The predicted molar refractivity (Wildman–Crippen MR) is 127 cm³/mol. The Morgan fingerprint density at radius 3 is 2.82 bits per heavy atom. The Kier molecular flexibility index (Phi) is 4.92. The molecule has 7 nitrogen and oxygen atoms in total. The van der Waals surface area contributed by atoms with Gasteiger partial charge >= 0.3 is 0 Å². The van der Waals surface area contributed by atoms with Crippen LogP contribution < -0.4 is 10.2 Å². The molecule has 1 spiro atoms. The number of benzene rings is 1. The molecule has 0 radical (unpaired) electrons. The first kappa shape index (κ1) is 20.7. The first-order valence-electron chi connectivity index (χ1n) is 11.6. The summed E-state index contributed by atoms with van der Waals surface area (Å²) in [5.41, 5.74) is 3.88. The summed E-state index contributed by atoms with van der Waals surface area (Å²) in [6.45, 7) is 4.01. The minimum atomic E-state index is -0.332. The first-order valence-corrected chi connectivity index (χ1v) is 12.0. The maximum Gasteiger partial charge on any atom is 0.238 e. The smallest absolute Gasteiger partial charge is 0.238 e. The van der Waals surface area contributed by atoms with E-state index in [0.717, 1.165) is 73.3 Å². The second-order valence-corrected chi connectivity index (χ2v) is 9.70. The highest BCUT2D eigenvalue weighted by Crippen LogP contribution is 2.57. The highest BCUT2D eigenvalue weighted by molar-refractivity contribution is 6.31. The first-order chi connectivity index (χ1) is 16.1. The van der Waals surface area contributed by atoms with E-state index < -0.39 is 0 Å². The van der Waals surface area contributed by atoms with Gasteiger partial charge in [-0.3, -0.25) is 14.6 Å². The van der Waals surface area contributed by atoms with Crippen LogP contribution in [0.3, 0.4) is 0 Å². The summed E-state index contributed by atoms with van der Waals surface area (Å²) >= 11 is 6.28. The Labute approximate surface area is 197 Å². The van der Waals surface area contributed by atoms with Crippen molar-refractivity contribution < 1.29 is 9.59 Å². The Bertz CT molecular complexity index is 1260. The van der Waals surface area contributed by atoms with E-state index in [-0.39, 0.29) is 17.2 Å². The molecule has 8 heteroatoms. The van der Waals surface area contributed by atoms with Gasteiger partial charge in [0.1, 0.15) is 0 Å². The number of halogens is 1. The van der Waals surface area contributed by atoms with Crippen molar-refractivity contribution in [2.75, 3.05) is 31.1 Å². The van der Waals surface area contributed by atoms with E-state index in [2.05, 4.69) is 20.9 Å². The fourth-order valence-electron chi connectivity index (χ4n) is 5.41. The fourth-order valence-corrected chi connectivity index (χ4v) is 5.59. The van der Waals surface area contributed by atoms with E-state index in [1.807, 2.05) is 40.3 Å². The lowest BCUT2D eigenvalue weighted by atomic mass is 9.99. The van der Waals surface area contributed by atoms with Crippen molar-refractivity contribution >= 4 is 40.0 Å². The SMILES string of the molecule is O=C1CNCCN1CCCn1c(CN2C(=O)C3(CC3)c3ccncc32)cc2cc(Cl)ccc21. The molecule has 170 valence electrons. The molecular formula is C25H26ClN5O2. The molecule has 33 heavy (non-hydrogen) atoms. The monoisotopic (exact) mass is 463 g/mol. The second-order valence-electron chi connectivity index (χ2n) is 9.27. The third kappa shape index (κ3) is 3.42. The molecule has 1 N–H and O–H groups in total. The number of rotatable bonds is 6. The van der Waals surface area contributed by atoms with Crippen LogP contribution in [0.5, 0.6) is 0 Å². The number of aryl methyl sites for hydroxylation is 1.